The highest BCUT2D eigenvalue weighted by Gasteiger charge is 2.63. The Hall–Kier alpha value is -2.17. The molecule has 5 nitrogen and oxygen atoms in total. The largest absolute Gasteiger partial charge is 0.339 e. The van der Waals surface area contributed by atoms with Gasteiger partial charge in [0.1, 0.15) is 0 Å². The zero-order chi connectivity index (χ0) is 13.2. The van der Waals surface area contributed by atoms with Crippen molar-refractivity contribution in [1.29, 1.82) is 0 Å². The molecule has 5 heteroatoms. The standard InChI is InChI=1S/C14H11NO4/c16-11-9-3-1-2-4-10(9)12(17)15(11)19-13(18)14-5-8(6-14)7-14/h1-4,8H,5-7H2. The second kappa shape index (κ2) is 3.23. The zero-order valence-electron chi connectivity index (χ0n) is 10.1. The molecule has 5 rings (SSSR count). The molecule has 4 aliphatic rings. The number of rotatable bonds is 2. The van der Waals surface area contributed by atoms with E-state index in [0.29, 0.717) is 11.0 Å². The van der Waals surface area contributed by atoms with E-state index >= 15 is 0 Å². The summed E-state index contributed by atoms with van der Waals surface area (Å²) in [4.78, 5) is 41.1. The van der Waals surface area contributed by atoms with E-state index in [1.165, 1.54) is 0 Å². The van der Waals surface area contributed by atoms with E-state index in [-0.39, 0.29) is 11.1 Å². The number of hydroxylamine groups is 2. The van der Waals surface area contributed by atoms with Crippen LogP contribution in [0.15, 0.2) is 24.3 Å². The van der Waals surface area contributed by atoms with Crippen LogP contribution < -0.4 is 0 Å². The quantitative estimate of drug-likeness (QED) is 0.754. The lowest BCUT2D eigenvalue weighted by Gasteiger charge is -2.58. The van der Waals surface area contributed by atoms with E-state index in [0.717, 1.165) is 19.3 Å². The SMILES string of the molecule is O=C1c2ccccc2C(=O)N1OC(=O)C12CC(C1)C2. The Morgan fingerprint density at radius 1 is 1.11 bits per heavy atom. The predicted molar refractivity (Wildman–Crippen MR) is 62.8 cm³/mol. The van der Waals surface area contributed by atoms with Crippen molar-refractivity contribution in [1.82, 2.24) is 5.06 Å². The van der Waals surface area contributed by atoms with Crippen LogP contribution in [0, 0.1) is 11.3 Å². The molecule has 0 radical (unpaired) electrons. The fourth-order valence-corrected chi connectivity index (χ4v) is 3.16. The predicted octanol–water partition coefficient (Wildman–Crippen LogP) is 1.54. The molecular weight excluding hydrogens is 246 g/mol. The molecule has 0 N–H and O–H groups in total. The number of carbonyl (C=O) groups excluding carboxylic acids is 3. The van der Waals surface area contributed by atoms with Crippen LogP contribution in [0.3, 0.4) is 0 Å². The maximum Gasteiger partial charge on any atom is 0.339 e. The Morgan fingerprint density at radius 3 is 2.05 bits per heavy atom. The first-order valence-corrected chi connectivity index (χ1v) is 6.31. The van der Waals surface area contributed by atoms with Gasteiger partial charge >= 0.3 is 5.97 Å². The van der Waals surface area contributed by atoms with Crippen molar-refractivity contribution in [2.45, 2.75) is 19.3 Å². The summed E-state index contributed by atoms with van der Waals surface area (Å²) in [5, 5.41) is 0.605. The monoisotopic (exact) mass is 257 g/mol. The van der Waals surface area contributed by atoms with Gasteiger partial charge in [0.25, 0.3) is 11.8 Å². The van der Waals surface area contributed by atoms with E-state index in [1.807, 2.05) is 0 Å². The molecular formula is C14H11NO4. The van der Waals surface area contributed by atoms with Gasteiger partial charge in [-0.25, -0.2) is 4.79 Å². The van der Waals surface area contributed by atoms with Crippen LogP contribution in [-0.4, -0.2) is 22.8 Å². The van der Waals surface area contributed by atoms with Gasteiger partial charge in [0.2, 0.25) is 0 Å². The molecule has 19 heavy (non-hydrogen) atoms. The summed E-state index contributed by atoms with van der Waals surface area (Å²) in [6.45, 7) is 0. The number of fused-ring (bicyclic) bond motifs is 1. The van der Waals surface area contributed by atoms with Gasteiger partial charge in [0, 0.05) is 0 Å². The summed E-state index contributed by atoms with van der Waals surface area (Å²) >= 11 is 0. The summed E-state index contributed by atoms with van der Waals surface area (Å²) in [6, 6.07) is 6.47. The highest BCUT2D eigenvalue weighted by molar-refractivity contribution is 6.20. The highest BCUT2D eigenvalue weighted by Crippen LogP contribution is 2.65. The average Bonchev–Trinajstić information content (AvgIpc) is 2.51. The third-order valence-electron chi connectivity index (χ3n) is 4.40. The lowest BCUT2D eigenvalue weighted by atomic mass is 9.44. The number of amides is 2. The minimum Gasteiger partial charge on any atom is -0.329 e. The van der Waals surface area contributed by atoms with Gasteiger partial charge in [-0.3, -0.25) is 9.59 Å². The van der Waals surface area contributed by atoms with Crippen LogP contribution in [0.1, 0.15) is 40.0 Å². The van der Waals surface area contributed by atoms with Crippen LogP contribution >= 0.6 is 0 Å². The summed E-state index contributed by atoms with van der Waals surface area (Å²) in [6.07, 6.45) is 2.49. The molecule has 1 heterocycles. The Kier molecular flexibility index (Phi) is 1.82. The third kappa shape index (κ3) is 1.22. The lowest BCUT2D eigenvalue weighted by molar-refractivity contribution is -0.213. The van der Waals surface area contributed by atoms with Crippen molar-refractivity contribution in [3.63, 3.8) is 0 Å². The van der Waals surface area contributed by atoms with Crippen molar-refractivity contribution in [2.24, 2.45) is 11.3 Å². The van der Waals surface area contributed by atoms with Crippen molar-refractivity contribution in [2.75, 3.05) is 0 Å². The number of hydrogen-bond donors (Lipinski definition) is 0. The molecule has 3 fully saturated rings. The van der Waals surface area contributed by atoms with Gasteiger partial charge in [0.15, 0.2) is 0 Å². The van der Waals surface area contributed by atoms with Crippen molar-refractivity contribution in [3.05, 3.63) is 35.4 Å². The van der Waals surface area contributed by atoms with E-state index in [4.69, 9.17) is 4.84 Å². The Balaban J connectivity index is 1.58. The third-order valence-corrected chi connectivity index (χ3v) is 4.40. The molecule has 2 bridgehead atoms. The first-order chi connectivity index (χ1) is 9.11. The summed E-state index contributed by atoms with van der Waals surface area (Å²) in [7, 11) is 0. The van der Waals surface area contributed by atoms with Gasteiger partial charge < -0.3 is 4.84 Å². The molecule has 0 unspecified atom stereocenters. The molecule has 0 spiro atoms. The highest BCUT2D eigenvalue weighted by atomic mass is 16.7. The van der Waals surface area contributed by atoms with Crippen molar-refractivity contribution in [3.8, 4) is 0 Å². The topological polar surface area (TPSA) is 63.7 Å². The zero-order valence-corrected chi connectivity index (χ0v) is 10.1. The maximum absolute atomic E-state index is 12.0. The number of benzene rings is 1. The maximum atomic E-state index is 12.0. The number of hydrogen-bond acceptors (Lipinski definition) is 4. The molecule has 1 aromatic carbocycles. The molecule has 0 aromatic heterocycles. The van der Waals surface area contributed by atoms with Crippen molar-refractivity contribution < 1.29 is 19.2 Å². The van der Waals surface area contributed by atoms with E-state index < -0.39 is 23.2 Å². The number of nitrogens with zero attached hydrogens (tertiary/aromatic N) is 1. The first kappa shape index (κ1) is 10.7. The molecule has 3 saturated carbocycles. The van der Waals surface area contributed by atoms with Gasteiger partial charge in [-0.2, -0.15) is 0 Å². The van der Waals surface area contributed by atoms with Crippen LogP contribution in [0.5, 0.6) is 0 Å². The number of carbonyl (C=O) groups is 3. The molecule has 96 valence electrons. The minimum absolute atomic E-state index is 0.290. The molecule has 1 aliphatic heterocycles. The van der Waals surface area contributed by atoms with E-state index in [2.05, 4.69) is 0 Å². The minimum atomic E-state index is -0.555. The van der Waals surface area contributed by atoms with Gasteiger partial charge in [0.05, 0.1) is 16.5 Å². The summed E-state index contributed by atoms with van der Waals surface area (Å²) in [5.74, 6) is -0.916. The smallest absolute Gasteiger partial charge is 0.329 e. The lowest BCUT2D eigenvalue weighted by Crippen LogP contribution is -2.58. The van der Waals surface area contributed by atoms with Gasteiger partial charge in [-0.05, 0) is 37.3 Å². The summed E-state index contributed by atoms with van der Waals surface area (Å²) in [5.41, 5.74) is 0.163. The fraction of sp³-hybridized carbons (Fsp3) is 0.357. The first-order valence-electron chi connectivity index (χ1n) is 6.31. The van der Waals surface area contributed by atoms with E-state index in [1.54, 1.807) is 24.3 Å². The molecule has 2 amide bonds. The molecule has 1 aromatic rings. The summed E-state index contributed by atoms with van der Waals surface area (Å²) < 4.78 is 0. The van der Waals surface area contributed by atoms with Crippen molar-refractivity contribution >= 4 is 17.8 Å². The number of imide groups is 1. The second-order valence-corrected chi connectivity index (χ2v) is 5.59. The molecule has 0 saturated heterocycles. The second-order valence-electron chi connectivity index (χ2n) is 5.59. The van der Waals surface area contributed by atoms with Crippen LogP contribution in [0.25, 0.3) is 0 Å². The average molecular weight is 257 g/mol. The Morgan fingerprint density at radius 2 is 1.63 bits per heavy atom. The van der Waals surface area contributed by atoms with Crippen LogP contribution in [0.4, 0.5) is 0 Å². The van der Waals surface area contributed by atoms with Gasteiger partial charge in [-0.1, -0.05) is 17.2 Å². The van der Waals surface area contributed by atoms with Crippen LogP contribution in [0.2, 0.25) is 0 Å². The van der Waals surface area contributed by atoms with E-state index in [9.17, 15) is 14.4 Å². The van der Waals surface area contributed by atoms with Crippen LogP contribution in [-0.2, 0) is 9.63 Å². The fourth-order valence-electron chi connectivity index (χ4n) is 3.16. The normalized spacial score (nSPS) is 30.5. The molecule has 3 aliphatic carbocycles. The molecule has 0 atom stereocenters. The Bertz CT molecular complexity index is 584. The van der Waals surface area contributed by atoms with Gasteiger partial charge in [-0.15, -0.1) is 0 Å². The Labute approximate surface area is 109 Å².